The normalized spacial score (nSPS) is 16.4. The number of aryl methyl sites for hydroxylation is 1. The van der Waals surface area contributed by atoms with Crippen molar-refractivity contribution in [3.05, 3.63) is 15.6 Å². The number of hydrogen-bond acceptors (Lipinski definition) is 4. The first-order chi connectivity index (χ1) is 9.08. The lowest BCUT2D eigenvalue weighted by molar-refractivity contribution is 0.0674. The second-order valence-electron chi connectivity index (χ2n) is 4.98. The molecule has 0 bridgehead atoms. The zero-order valence-corrected chi connectivity index (χ0v) is 15.4. The number of morpholine rings is 1. The molecule has 0 atom stereocenters. The molecule has 20 heavy (non-hydrogen) atoms. The van der Waals surface area contributed by atoms with Crippen molar-refractivity contribution < 1.29 is 4.74 Å². The number of nitrogens with two attached hydrogens (primary N) is 1. The average Bonchev–Trinajstić information content (AvgIpc) is 2.78. The third-order valence-corrected chi connectivity index (χ3v) is 4.11. The number of guanidine groups is 1. The van der Waals surface area contributed by atoms with Gasteiger partial charge in [0.15, 0.2) is 5.96 Å². The predicted molar refractivity (Wildman–Crippen MR) is 94.1 cm³/mol. The molecular formula is C13H23IN4OS. The van der Waals surface area contributed by atoms with Crippen LogP contribution >= 0.6 is 35.3 Å². The minimum absolute atomic E-state index is 0. The number of ether oxygens (including phenoxy) is 1. The second-order valence-corrected chi connectivity index (χ2v) is 6.27. The number of halogens is 1. The average molecular weight is 410 g/mol. The highest BCUT2D eigenvalue weighted by Gasteiger charge is 2.13. The van der Waals surface area contributed by atoms with Gasteiger partial charge in [-0.3, -0.25) is 0 Å². The summed E-state index contributed by atoms with van der Waals surface area (Å²) in [7, 11) is 0. The van der Waals surface area contributed by atoms with Crippen LogP contribution in [-0.2, 0) is 11.3 Å². The molecule has 2 rings (SSSR count). The first-order valence-electron chi connectivity index (χ1n) is 6.66. The lowest BCUT2D eigenvalue weighted by Crippen LogP contribution is -2.44. The first-order valence-corrected chi connectivity index (χ1v) is 7.48. The molecule has 1 fully saturated rings. The maximum Gasteiger partial charge on any atom is 0.191 e. The first kappa shape index (κ1) is 17.6. The van der Waals surface area contributed by atoms with Crippen LogP contribution in [0.1, 0.15) is 35.3 Å². The Morgan fingerprint density at radius 2 is 2.10 bits per heavy atom. The topological polar surface area (TPSA) is 63.7 Å². The monoisotopic (exact) mass is 410 g/mol. The highest BCUT2D eigenvalue weighted by atomic mass is 127. The van der Waals surface area contributed by atoms with Gasteiger partial charge in [-0.25, -0.2) is 9.98 Å². The summed E-state index contributed by atoms with van der Waals surface area (Å²) < 4.78 is 5.30. The smallest absolute Gasteiger partial charge is 0.191 e. The molecule has 0 radical (unpaired) electrons. The molecule has 7 heteroatoms. The van der Waals surface area contributed by atoms with Crippen molar-refractivity contribution in [2.75, 3.05) is 26.3 Å². The van der Waals surface area contributed by atoms with Crippen LogP contribution in [0.2, 0.25) is 0 Å². The van der Waals surface area contributed by atoms with Crippen molar-refractivity contribution >= 4 is 41.3 Å². The summed E-state index contributed by atoms with van der Waals surface area (Å²) in [6, 6.07) is 0. The van der Waals surface area contributed by atoms with Crippen molar-refractivity contribution in [3.63, 3.8) is 0 Å². The Kier molecular flexibility index (Phi) is 7.18. The van der Waals surface area contributed by atoms with Crippen molar-refractivity contribution in [3.8, 4) is 0 Å². The van der Waals surface area contributed by atoms with Crippen LogP contribution < -0.4 is 5.73 Å². The molecule has 0 aromatic carbocycles. The Balaban J connectivity index is 0.00000200. The molecule has 1 aromatic heterocycles. The van der Waals surface area contributed by atoms with Gasteiger partial charge in [0.2, 0.25) is 0 Å². The van der Waals surface area contributed by atoms with Gasteiger partial charge in [0.1, 0.15) is 5.01 Å². The summed E-state index contributed by atoms with van der Waals surface area (Å²) in [6.45, 7) is 10.1. The molecule has 114 valence electrons. The van der Waals surface area contributed by atoms with Crippen LogP contribution in [0.15, 0.2) is 4.99 Å². The number of aromatic nitrogens is 1. The molecule has 0 aliphatic carbocycles. The molecule has 1 aliphatic heterocycles. The standard InChI is InChI=1S/C13H22N4OS.HI/c1-9(2)12-10(3)19-11(16-12)8-15-13(14)17-4-6-18-7-5-17;/h9H,4-8H2,1-3H3,(H2,14,15);1H. The molecule has 5 nitrogen and oxygen atoms in total. The van der Waals surface area contributed by atoms with Crippen molar-refractivity contribution in [1.82, 2.24) is 9.88 Å². The van der Waals surface area contributed by atoms with Gasteiger partial charge >= 0.3 is 0 Å². The SMILES string of the molecule is Cc1sc(CN=C(N)N2CCOCC2)nc1C(C)C.I. The predicted octanol–water partition coefficient (Wildman–Crippen LogP) is 2.34. The molecule has 2 N–H and O–H groups in total. The lowest BCUT2D eigenvalue weighted by atomic mass is 10.1. The maximum absolute atomic E-state index is 6.00. The zero-order valence-electron chi connectivity index (χ0n) is 12.3. The summed E-state index contributed by atoms with van der Waals surface area (Å²) in [6.07, 6.45) is 0. The molecular weight excluding hydrogens is 387 g/mol. The molecule has 1 aliphatic rings. The zero-order chi connectivity index (χ0) is 13.8. The number of nitrogens with zero attached hydrogens (tertiary/aromatic N) is 3. The highest BCUT2D eigenvalue weighted by molar-refractivity contribution is 14.0. The van der Waals surface area contributed by atoms with E-state index in [1.54, 1.807) is 11.3 Å². The number of aliphatic imine (C=N–C) groups is 1. The summed E-state index contributed by atoms with van der Waals surface area (Å²) in [5.41, 5.74) is 7.18. The fourth-order valence-corrected chi connectivity index (χ4v) is 3.12. The Morgan fingerprint density at radius 1 is 1.45 bits per heavy atom. The summed E-state index contributed by atoms with van der Waals surface area (Å²) >= 11 is 1.71. The Bertz CT molecular complexity index is 455. The van der Waals surface area contributed by atoms with Crippen LogP contribution in [0.5, 0.6) is 0 Å². The van der Waals surface area contributed by atoms with E-state index in [4.69, 9.17) is 10.5 Å². The Labute approximate surface area is 141 Å². The lowest BCUT2D eigenvalue weighted by Gasteiger charge is -2.27. The van der Waals surface area contributed by atoms with E-state index >= 15 is 0 Å². The van der Waals surface area contributed by atoms with Gasteiger partial charge in [-0.05, 0) is 12.8 Å². The summed E-state index contributed by atoms with van der Waals surface area (Å²) in [5, 5.41) is 1.04. The molecule has 0 amide bonds. The molecule has 0 spiro atoms. The highest BCUT2D eigenvalue weighted by Crippen LogP contribution is 2.24. The van der Waals surface area contributed by atoms with Crippen LogP contribution in [0.4, 0.5) is 0 Å². The van der Waals surface area contributed by atoms with Crippen LogP contribution in [0, 0.1) is 6.92 Å². The van der Waals surface area contributed by atoms with E-state index in [0.29, 0.717) is 18.4 Å². The maximum atomic E-state index is 6.00. The van der Waals surface area contributed by atoms with Crippen molar-refractivity contribution in [1.29, 1.82) is 0 Å². The van der Waals surface area contributed by atoms with Crippen LogP contribution in [0.25, 0.3) is 0 Å². The number of rotatable bonds is 3. The Morgan fingerprint density at radius 3 is 2.65 bits per heavy atom. The minimum Gasteiger partial charge on any atom is -0.378 e. The third-order valence-electron chi connectivity index (χ3n) is 3.14. The summed E-state index contributed by atoms with van der Waals surface area (Å²) in [4.78, 5) is 12.4. The van der Waals surface area contributed by atoms with Crippen LogP contribution in [0.3, 0.4) is 0 Å². The Hall–Kier alpha value is -0.410. The van der Waals surface area contributed by atoms with E-state index in [-0.39, 0.29) is 24.0 Å². The van der Waals surface area contributed by atoms with Gasteiger partial charge in [0, 0.05) is 18.0 Å². The van der Waals surface area contributed by atoms with Gasteiger partial charge < -0.3 is 15.4 Å². The number of thiazole rings is 1. The summed E-state index contributed by atoms with van der Waals surface area (Å²) in [5.74, 6) is 1.06. The van der Waals surface area contributed by atoms with Crippen LogP contribution in [-0.4, -0.2) is 42.1 Å². The molecule has 1 saturated heterocycles. The van der Waals surface area contributed by atoms with Gasteiger partial charge in [-0.1, -0.05) is 13.8 Å². The van der Waals surface area contributed by atoms with E-state index in [9.17, 15) is 0 Å². The fourth-order valence-electron chi connectivity index (χ4n) is 2.11. The van der Waals surface area contributed by atoms with E-state index in [2.05, 4.69) is 35.6 Å². The number of hydrogen-bond donors (Lipinski definition) is 1. The van der Waals surface area contributed by atoms with Gasteiger partial charge in [-0.2, -0.15) is 0 Å². The third kappa shape index (κ3) is 4.56. The molecule has 1 aromatic rings. The van der Waals surface area contributed by atoms with E-state index in [0.717, 1.165) is 31.3 Å². The van der Waals surface area contributed by atoms with Crippen molar-refractivity contribution in [2.24, 2.45) is 10.7 Å². The quantitative estimate of drug-likeness (QED) is 0.472. The second kappa shape index (κ2) is 8.14. The fraction of sp³-hybridized carbons (Fsp3) is 0.692. The molecule has 0 unspecified atom stereocenters. The largest absolute Gasteiger partial charge is 0.378 e. The van der Waals surface area contributed by atoms with E-state index in [1.165, 1.54) is 10.6 Å². The van der Waals surface area contributed by atoms with Gasteiger partial charge in [-0.15, -0.1) is 35.3 Å². The molecule has 0 saturated carbocycles. The van der Waals surface area contributed by atoms with Crippen molar-refractivity contribution in [2.45, 2.75) is 33.2 Å². The van der Waals surface area contributed by atoms with Gasteiger partial charge in [0.25, 0.3) is 0 Å². The molecule has 2 heterocycles. The van der Waals surface area contributed by atoms with E-state index < -0.39 is 0 Å². The van der Waals surface area contributed by atoms with E-state index in [1.807, 2.05) is 0 Å². The minimum atomic E-state index is 0. The van der Waals surface area contributed by atoms with Gasteiger partial charge in [0.05, 0.1) is 25.5 Å².